The van der Waals surface area contributed by atoms with Crippen molar-refractivity contribution in [3.8, 4) is 6.07 Å². The smallest absolute Gasteiger partial charge is 0.326 e. The van der Waals surface area contributed by atoms with Crippen molar-refractivity contribution in [3.05, 3.63) is 60.3 Å². The molecule has 20 nitrogen and oxygen atoms in total. The summed E-state index contributed by atoms with van der Waals surface area (Å²) >= 11 is 0. The molecule has 20 heteroatoms. The van der Waals surface area contributed by atoms with E-state index >= 15 is 0 Å². The molecule has 0 aliphatic carbocycles. The highest BCUT2D eigenvalue weighted by atomic mass is 16.4. The third kappa shape index (κ3) is 9.67. The highest BCUT2D eigenvalue weighted by molar-refractivity contribution is 5.97. The first kappa shape index (κ1) is 40.0. The standard InChI is InChI=1S/C20H22N8O5.C16H20N6O/c1-28(9-11-8-23-17-15(24-11)16(21)26-20(22)27-17)12-4-2-10(3-5-12)18(31)25-13(19(32)33)6-7-14(29)30;1-11-5-8-22(14(23)3-6-17)9-13(11)21(2)16-12-4-7-18-15(12)19-10-20-16/h2-5,8,13H,6-7,9H2,1H3,(H,25,31)(H,29,30)(H,32,33)(H4,21,22,23,26,27);4,7,10-11,13H,3,5,8-9H2,1-2H3,(H,18,19,20)/t13-;11-,13+/m01/s1. The molecule has 5 aromatic rings. The molecule has 1 aromatic carbocycles. The Kier molecular flexibility index (Phi) is 12.7. The molecule has 1 aliphatic rings. The van der Waals surface area contributed by atoms with Gasteiger partial charge >= 0.3 is 11.9 Å². The predicted molar refractivity (Wildman–Crippen MR) is 205 cm³/mol. The summed E-state index contributed by atoms with van der Waals surface area (Å²) in [5, 5.41) is 30.0. The van der Waals surface area contributed by atoms with Crippen molar-refractivity contribution in [1.82, 2.24) is 45.1 Å². The molecule has 6 rings (SSSR count). The number of aromatic amines is 1. The molecule has 5 heterocycles. The van der Waals surface area contributed by atoms with E-state index in [2.05, 4.69) is 52.0 Å². The fraction of sp³-hybridized carbons (Fsp3) is 0.361. The SMILES string of the molecule is CN(Cc1cnc2nc(N)nc(N)c2n1)c1ccc(C(=O)N[C@@H](CCC(=O)O)C(=O)O)cc1.C[C@@H]1CCN(C(=O)CC#N)C[C@@H]1N(C)c1ncnc2[nH]ccc12. The van der Waals surface area contributed by atoms with Crippen LogP contribution in [0.2, 0.25) is 0 Å². The average Bonchev–Trinajstić information content (AvgIpc) is 3.66. The zero-order valence-electron chi connectivity index (χ0n) is 31.0. The molecule has 0 unspecified atom stereocenters. The zero-order valence-corrected chi connectivity index (χ0v) is 31.0. The van der Waals surface area contributed by atoms with Gasteiger partial charge in [0.2, 0.25) is 11.9 Å². The summed E-state index contributed by atoms with van der Waals surface area (Å²) in [5.74, 6) is -1.69. The van der Waals surface area contributed by atoms with Crippen LogP contribution in [-0.4, -0.2) is 113 Å². The molecule has 0 spiro atoms. The molecule has 1 fully saturated rings. The van der Waals surface area contributed by atoms with E-state index < -0.39 is 23.9 Å². The van der Waals surface area contributed by atoms with Gasteiger partial charge in [0.1, 0.15) is 30.3 Å². The van der Waals surface area contributed by atoms with Crippen molar-refractivity contribution < 1.29 is 29.4 Å². The maximum absolute atomic E-state index is 12.4. The normalized spacial score (nSPS) is 15.6. The number of likely N-dealkylation sites (tertiary alicyclic amines) is 1. The van der Waals surface area contributed by atoms with Crippen LogP contribution in [0.25, 0.3) is 22.2 Å². The van der Waals surface area contributed by atoms with Gasteiger partial charge in [0.05, 0.1) is 35.9 Å². The van der Waals surface area contributed by atoms with Crippen molar-refractivity contribution in [2.45, 2.75) is 51.2 Å². The summed E-state index contributed by atoms with van der Waals surface area (Å²) in [4.78, 5) is 80.4. The molecule has 3 atom stereocenters. The molecule has 4 aromatic heterocycles. The number of nitrogens with two attached hydrogens (primary N) is 2. The van der Waals surface area contributed by atoms with E-state index in [0.717, 1.165) is 35.5 Å². The number of nitrogen functional groups attached to an aromatic ring is 2. The maximum atomic E-state index is 12.4. The van der Waals surface area contributed by atoms with Gasteiger partial charge < -0.3 is 46.7 Å². The lowest BCUT2D eigenvalue weighted by Crippen LogP contribution is -2.52. The maximum Gasteiger partial charge on any atom is 0.326 e. The Bertz CT molecular complexity index is 2260. The molecular weight excluding hydrogens is 724 g/mol. The molecule has 0 saturated carbocycles. The van der Waals surface area contributed by atoms with Gasteiger partial charge in [-0.25, -0.2) is 24.7 Å². The first-order valence-electron chi connectivity index (χ1n) is 17.5. The van der Waals surface area contributed by atoms with E-state index in [4.69, 9.17) is 21.8 Å². The van der Waals surface area contributed by atoms with Crippen LogP contribution in [0.4, 0.5) is 23.3 Å². The zero-order chi connectivity index (χ0) is 40.5. The fourth-order valence-corrected chi connectivity index (χ4v) is 6.28. The number of amides is 2. The van der Waals surface area contributed by atoms with Crippen LogP contribution in [0.3, 0.4) is 0 Å². The van der Waals surface area contributed by atoms with Crippen molar-refractivity contribution in [3.63, 3.8) is 0 Å². The second kappa shape index (κ2) is 17.8. The number of benzene rings is 1. The number of carboxylic acid groups (broad SMARTS) is 2. The first-order chi connectivity index (χ1) is 26.7. The molecule has 56 heavy (non-hydrogen) atoms. The minimum absolute atomic E-state index is 0.0138. The molecule has 0 bridgehead atoms. The number of anilines is 4. The van der Waals surface area contributed by atoms with Crippen molar-refractivity contribution in [1.29, 1.82) is 5.26 Å². The highest BCUT2D eigenvalue weighted by Gasteiger charge is 2.32. The number of hydrogen-bond acceptors (Lipinski definition) is 15. The Morgan fingerprint density at radius 3 is 2.52 bits per heavy atom. The van der Waals surface area contributed by atoms with Gasteiger partial charge in [-0.3, -0.25) is 14.4 Å². The third-order valence-electron chi connectivity index (χ3n) is 9.39. The van der Waals surface area contributed by atoms with Gasteiger partial charge in [0.15, 0.2) is 17.0 Å². The second-order valence-electron chi connectivity index (χ2n) is 13.3. The number of hydrogen-bond donors (Lipinski definition) is 6. The van der Waals surface area contributed by atoms with Gasteiger partial charge in [0, 0.05) is 51.1 Å². The number of carbonyl (C=O) groups excluding carboxylic acids is 2. The summed E-state index contributed by atoms with van der Waals surface area (Å²) in [6.07, 6.45) is 5.24. The van der Waals surface area contributed by atoms with Crippen LogP contribution >= 0.6 is 0 Å². The lowest BCUT2D eigenvalue weighted by molar-refractivity contribution is -0.140. The number of H-pyrrole nitrogens is 1. The minimum Gasteiger partial charge on any atom is -0.481 e. The van der Waals surface area contributed by atoms with Crippen molar-refractivity contribution in [2.24, 2.45) is 5.92 Å². The molecule has 8 N–H and O–H groups in total. The van der Waals surface area contributed by atoms with E-state index in [-0.39, 0.29) is 48.5 Å². The van der Waals surface area contributed by atoms with Crippen molar-refractivity contribution >= 4 is 69.2 Å². The van der Waals surface area contributed by atoms with E-state index in [1.165, 1.54) is 12.1 Å². The number of nitrogens with zero attached hydrogens (tertiary/aromatic N) is 10. The van der Waals surface area contributed by atoms with E-state index in [0.29, 0.717) is 35.9 Å². The molecule has 2 amide bonds. The summed E-state index contributed by atoms with van der Waals surface area (Å²) in [7, 11) is 3.82. The number of piperidine rings is 1. The van der Waals surface area contributed by atoms with Gasteiger partial charge in [0.25, 0.3) is 5.91 Å². The summed E-state index contributed by atoms with van der Waals surface area (Å²) in [5.41, 5.74) is 14.5. The van der Waals surface area contributed by atoms with Crippen molar-refractivity contribution in [2.75, 3.05) is 48.5 Å². The quantitative estimate of drug-likeness (QED) is 0.105. The van der Waals surface area contributed by atoms with Crippen LogP contribution in [0.1, 0.15) is 48.7 Å². The Hall–Kier alpha value is -7.17. The Morgan fingerprint density at radius 2 is 1.82 bits per heavy atom. The van der Waals surface area contributed by atoms with Gasteiger partial charge in [-0.15, -0.1) is 0 Å². The number of nitrogens with one attached hydrogen (secondary N) is 2. The topological polar surface area (TPSA) is 299 Å². The number of carbonyl (C=O) groups is 4. The number of likely N-dealkylation sites (N-methyl/N-ethyl adjacent to an activating group) is 1. The number of nitriles is 1. The summed E-state index contributed by atoms with van der Waals surface area (Å²) in [6.45, 7) is 3.90. The predicted octanol–water partition coefficient (Wildman–Crippen LogP) is 1.81. The highest BCUT2D eigenvalue weighted by Crippen LogP contribution is 2.29. The number of aromatic nitrogens is 7. The summed E-state index contributed by atoms with van der Waals surface area (Å²) < 4.78 is 0. The molecule has 1 saturated heterocycles. The van der Waals surface area contributed by atoms with E-state index in [1.54, 1.807) is 29.6 Å². The number of aliphatic carboxylic acids is 2. The van der Waals surface area contributed by atoms with E-state index in [1.807, 2.05) is 37.3 Å². The number of fused-ring (bicyclic) bond motifs is 2. The average molecular weight is 767 g/mol. The third-order valence-corrected chi connectivity index (χ3v) is 9.39. The van der Waals surface area contributed by atoms with Crippen LogP contribution in [0.15, 0.2) is 49.1 Å². The lowest BCUT2D eigenvalue weighted by Gasteiger charge is -2.42. The van der Waals surface area contributed by atoms with Gasteiger partial charge in [-0.2, -0.15) is 15.2 Å². The summed E-state index contributed by atoms with van der Waals surface area (Å²) in [6, 6.07) is 9.23. The molecule has 292 valence electrons. The van der Waals surface area contributed by atoms with Gasteiger partial charge in [-0.05, 0) is 49.1 Å². The van der Waals surface area contributed by atoms with Crippen LogP contribution in [0, 0.1) is 17.2 Å². The second-order valence-corrected chi connectivity index (χ2v) is 13.3. The molecule has 0 radical (unpaired) electrons. The first-order valence-corrected chi connectivity index (χ1v) is 17.5. The Labute approximate surface area is 320 Å². The van der Waals surface area contributed by atoms with Gasteiger partial charge in [-0.1, -0.05) is 6.92 Å². The minimum atomic E-state index is -1.30. The largest absolute Gasteiger partial charge is 0.481 e. The van der Waals surface area contributed by atoms with Crippen LogP contribution < -0.4 is 26.6 Å². The van der Waals surface area contributed by atoms with Crippen LogP contribution in [0.5, 0.6) is 0 Å². The Balaban J connectivity index is 0.000000228. The van der Waals surface area contributed by atoms with E-state index in [9.17, 15) is 24.3 Å². The monoisotopic (exact) mass is 766 g/mol. The molecule has 1 aliphatic heterocycles. The fourth-order valence-electron chi connectivity index (χ4n) is 6.28. The molecular formula is C36H42N14O6. The Morgan fingerprint density at radius 1 is 1.07 bits per heavy atom. The number of carboxylic acids is 2. The lowest BCUT2D eigenvalue weighted by atomic mass is 9.92. The van der Waals surface area contributed by atoms with Crippen LogP contribution in [-0.2, 0) is 20.9 Å². The number of rotatable bonds is 12.